The highest BCUT2D eigenvalue weighted by Crippen LogP contribution is 2.26. The Labute approximate surface area is 205 Å². The van der Waals surface area contributed by atoms with Gasteiger partial charge in [0.05, 0.1) is 11.8 Å². The molecule has 1 heterocycles. The van der Waals surface area contributed by atoms with E-state index in [4.69, 9.17) is 0 Å². The minimum atomic E-state index is -0.307. The highest BCUT2D eigenvalue weighted by molar-refractivity contribution is 7.99. The van der Waals surface area contributed by atoms with Gasteiger partial charge in [-0.05, 0) is 56.9 Å². The van der Waals surface area contributed by atoms with Gasteiger partial charge in [0, 0.05) is 17.8 Å². The normalized spacial score (nSPS) is 12.0. The summed E-state index contributed by atoms with van der Waals surface area (Å²) in [5, 5.41) is 15.5. The van der Waals surface area contributed by atoms with Gasteiger partial charge in [-0.15, -0.1) is 10.2 Å². The first-order valence-electron chi connectivity index (χ1n) is 11.5. The number of para-hydroxylation sites is 1. The molecule has 0 aliphatic carbocycles. The monoisotopic (exact) mass is 479 g/mol. The number of nitrogens with zero attached hydrogens (tertiary/aromatic N) is 3. The van der Waals surface area contributed by atoms with Gasteiger partial charge in [0.25, 0.3) is 5.91 Å². The number of anilines is 1. The third-order valence-corrected chi connectivity index (χ3v) is 6.62. The van der Waals surface area contributed by atoms with Crippen molar-refractivity contribution in [3.05, 3.63) is 70.5 Å². The summed E-state index contributed by atoms with van der Waals surface area (Å²) in [6, 6.07) is 13.1. The van der Waals surface area contributed by atoms with Gasteiger partial charge in [0.1, 0.15) is 0 Å². The van der Waals surface area contributed by atoms with Gasteiger partial charge < -0.3 is 15.2 Å². The molecule has 1 aromatic heterocycles. The second-order valence-corrected chi connectivity index (χ2v) is 9.70. The molecule has 0 fully saturated rings. The first kappa shape index (κ1) is 25.5. The SMILES string of the molecule is CCn1c(SCC(=O)Nc2c(C)cccc2C)nnc1[C@@H](NC(=O)c1cccc(C)c1)C(C)C. The summed E-state index contributed by atoms with van der Waals surface area (Å²) >= 11 is 1.34. The average molecular weight is 480 g/mol. The summed E-state index contributed by atoms with van der Waals surface area (Å²) in [6.07, 6.45) is 0. The number of rotatable bonds is 9. The fraction of sp³-hybridized carbons (Fsp3) is 0.385. The average Bonchev–Trinajstić information content (AvgIpc) is 3.20. The predicted octanol–water partition coefficient (Wildman–Crippen LogP) is 5.08. The van der Waals surface area contributed by atoms with E-state index in [1.807, 2.05) is 82.5 Å². The van der Waals surface area contributed by atoms with E-state index in [9.17, 15) is 9.59 Å². The molecule has 8 heteroatoms. The maximum absolute atomic E-state index is 12.9. The molecule has 0 aliphatic heterocycles. The quantitative estimate of drug-likeness (QED) is 0.418. The maximum atomic E-state index is 12.9. The van der Waals surface area contributed by atoms with Crippen molar-refractivity contribution in [1.29, 1.82) is 0 Å². The highest BCUT2D eigenvalue weighted by atomic mass is 32.2. The number of aryl methyl sites for hydroxylation is 3. The number of carbonyl (C=O) groups is 2. The summed E-state index contributed by atoms with van der Waals surface area (Å²) < 4.78 is 1.97. The lowest BCUT2D eigenvalue weighted by atomic mass is 10.0. The minimum Gasteiger partial charge on any atom is -0.342 e. The number of nitrogens with one attached hydrogen (secondary N) is 2. The van der Waals surface area contributed by atoms with Gasteiger partial charge in [-0.25, -0.2) is 0 Å². The lowest BCUT2D eigenvalue weighted by molar-refractivity contribution is -0.113. The van der Waals surface area contributed by atoms with E-state index in [2.05, 4.69) is 20.8 Å². The molecule has 2 aromatic carbocycles. The van der Waals surface area contributed by atoms with Crippen LogP contribution in [-0.2, 0) is 11.3 Å². The van der Waals surface area contributed by atoms with Crippen LogP contribution in [0.25, 0.3) is 0 Å². The molecular formula is C26H33N5O2S. The van der Waals surface area contributed by atoms with Crippen LogP contribution >= 0.6 is 11.8 Å². The lowest BCUT2D eigenvalue weighted by Gasteiger charge is -2.22. The van der Waals surface area contributed by atoms with Crippen molar-refractivity contribution in [3.8, 4) is 0 Å². The largest absolute Gasteiger partial charge is 0.342 e. The summed E-state index contributed by atoms with van der Waals surface area (Å²) in [5.41, 5.74) is 4.56. The molecule has 34 heavy (non-hydrogen) atoms. The van der Waals surface area contributed by atoms with Crippen LogP contribution < -0.4 is 10.6 Å². The number of hydrogen-bond acceptors (Lipinski definition) is 5. The van der Waals surface area contributed by atoms with E-state index in [1.165, 1.54) is 11.8 Å². The molecule has 0 aliphatic rings. The molecule has 0 unspecified atom stereocenters. The maximum Gasteiger partial charge on any atom is 0.251 e. The first-order chi connectivity index (χ1) is 16.2. The van der Waals surface area contributed by atoms with Crippen LogP contribution in [0.15, 0.2) is 47.6 Å². The Kier molecular flexibility index (Phi) is 8.50. The summed E-state index contributed by atoms with van der Waals surface area (Å²) in [5.74, 6) is 0.774. The summed E-state index contributed by atoms with van der Waals surface area (Å²) in [4.78, 5) is 25.5. The van der Waals surface area contributed by atoms with Crippen LogP contribution in [0.3, 0.4) is 0 Å². The smallest absolute Gasteiger partial charge is 0.251 e. The molecule has 0 saturated carbocycles. The minimum absolute atomic E-state index is 0.0947. The molecule has 3 aromatic rings. The fourth-order valence-corrected chi connectivity index (χ4v) is 4.60. The Morgan fingerprint density at radius 3 is 2.32 bits per heavy atom. The molecule has 3 rings (SSSR count). The third-order valence-electron chi connectivity index (χ3n) is 5.65. The van der Waals surface area contributed by atoms with Crippen molar-refractivity contribution >= 4 is 29.3 Å². The molecular weight excluding hydrogens is 446 g/mol. The number of benzene rings is 2. The number of aromatic nitrogens is 3. The molecule has 2 amide bonds. The molecule has 0 spiro atoms. The van der Waals surface area contributed by atoms with Crippen molar-refractivity contribution in [2.45, 2.75) is 59.3 Å². The highest BCUT2D eigenvalue weighted by Gasteiger charge is 2.26. The first-order valence-corrected chi connectivity index (χ1v) is 12.5. The topological polar surface area (TPSA) is 88.9 Å². The molecule has 2 N–H and O–H groups in total. The molecule has 1 atom stereocenters. The zero-order chi connectivity index (χ0) is 24.8. The van der Waals surface area contributed by atoms with Crippen molar-refractivity contribution < 1.29 is 9.59 Å². The Hall–Kier alpha value is -3.13. The van der Waals surface area contributed by atoms with Gasteiger partial charge in [-0.3, -0.25) is 9.59 Å². The zero-order valence-corrected chi connectivity index (χ0v) is 21.5. The summed E-state index contributed by atoms with van der Waals surface area (Å²) in [6.45, 7) is 12.6. The van der Waals surface area contributed by atoms with Gasteiger partial charge in [-0.1, -0.05) is 61.5 Å². The third kappa shape index (κ3) is 6.05. The Morgan fingerprint density at radius 2 is 1.71 bits per heavy atom. The number of hydrogen-bond donors (Lipinski definition) is 2. The van der Waals surface area contributed by atoms with Gasteiger partial charge in [0.2, 0.25) is 5.91 Å². The number of thioether (sulfide) groups is 1. The lowest BCUT2D eigenvalue weighted by Crippen LogP contribution is -2.33. The number of carbonyl (C=O) groups excluding carboxylic acids is 2. The fourth-order valence-electron chi connectivity index (χ4n) is 3.79. The Balaban J connectivity index is 1.73. The van der Waals surface area contributed by atoms with Gasteiger partial charge in [-0.2, -0.15) is 0 Å². The Bertz CT molecular complexity index is 1150. The summed E-state index contributed by atoms with van der Waals surface area (Å²) in [7, 11) is 0. The van der Waals surface area contributed by atoms with Crippen molar-refractivity contribution in [1.82, 2.24) is 20.1 Å². The second-order valence-electron chi connectivity index (χ2n) is 8.75. The van der Waals surface area contributed by atoms with E-state index < -0.39 is 0 Å². The molecule has 7 nitrogen and oxygen atoms in total. The Morgan fingerprint density at radius 1 is 1.03 bits per heavy atom. The van der Waals surface area contributed by atoms with Crippen LogP contribution in [0.5, 0.6) is 0 Å². The van der Waals surface area contributed by atoms with Crippen LogP contribution in [0, 0.1) is 26.7 Å². The van der Waals surface area contributed by atoms with Crippen LogP contribution in [0.1, 0.15) is 59.7 Å². The molecule has 180 valence electrons. The van der Waals surface area contributed by atoms with E-state index >= 15 is 0 Å². The molecule has 0 bridgehead atoms. The molecule has 0 saturated heterocycles. The van der Waals surface area contributed by atoms with Crippen LogP contribution in [0.2, 0.25) is 0 Å². The standard InChI is InChI=1S/C26H33N5O2S/c1-7-31-24(22(16(2)3)28-25(33)20-13-8-10-17(4)14-20)29-30-26(31)34-15-21(32)27-23-18(5)11-9-12-19(23)6/h8-14,16,22H,7,15H2,1-6H3,(H,27,32)(H,28,33)/t22-/m0/s1. The van der Waals surface area contributed by atoms with E-state index in [0.29, 0.717) is 23.1 Å². The number of amides is 2. The van der Waals surface area contributed by atoms with E-state index in [0.717, 1.165) is 22.4 Å². The van der Waals surface area contributed by atoms with Crippen molar-refractivity contribution in [3.63, 3.8) is 0 Å². The van der Waals surface area contributed by atoms with E-state index in [-0.39, 0.29) is 29.5 Å². The predicted molar refractivity (Wildman–Crippen MR) is 137 cm³/mol. The van der Waals surface area contributed by atoms with Crippen LogP contribution in [0.4, 0.5) is 5.69 Å². The molecule has 0 radical (unpaired) electrons. The van der Waals surface area contributed by atoms with Crippen molar-refractivity contribution in [2.24, 2.45) is 5.92 Å². The van der Waals surface area contributed by atoms with Gasteiger partial charge >= 0.3 is 0 Å². The van der Waals surface area contributed by atoms with Crippen LogP contribution in [-0.4, -0.2) is 32.3 Å². The second kappa shape index (κ2) is 11.3. The van der Waals surface area contributed by atoms with E-state index in [1.54, 1.807) is 6.07 Å². The zero-order valence-electron chi connectivity index (χ0n) is 20.7. The van der Waals surface area contributed by atoms with Gasteiger partial charge in [0.15, 0.2) is 11.0 Å². The van der Waals surface area contributed by atoms with Crippen molar-refractivity contribution in [2.75, 3.05) is 11.1 Å².